The second-order valence-corrected chi connectivity index (χ2v) is 5.50. The number of thioether (sulfide) groups is 1. The van der Waals surface area contributed by atoms with Crippen molar-refractivity contribution in [1.29, 1.82) is 0 Å². The van der Waals surface area contributed by atoms with Crippen LogP contribution in [0.3, 0.4) is 0 Å². The van der Waals surface area contributed by atoms with E-state index in [-0.39, 0.29) is 11.9 Å². The van der Waals surface area contributed by atoms with Gasteiger partial charge in [-0.25, -0.2) is 0 Å². The van der Waals surface area contributed by atoms with Gasteiger partial charge in [0.2, 0.25) is 5.91 Å². The molecule has 96 valence electrons. The second-order valence-electron chi connectivity index (χ2n) is 4.59. The van der Waals surface area contributed by atoms with E-state index in [0.29, 0.717) is 12.0 Å². The summed E-state index contributed by atoms with van der Waals surface area (Å²) in [6, 6.07) is 0.325. The molecule has 0 rings (SSSR count). The predicted octanol–water partition coefficient (Wildman–Crippen LogP) is 1.88. The van der Waals surface area contributed by atoms with Gasteiger partial charge >= 0.3 is 0 Å². The topological polar surface area (TPSA) is 41.1 Å². The molecule has 2 unspecified atom stereocenters. The number of carbonyl (C=O) groups is 1. The van der Waals surface area contributed by atoms with Gasteiger partial charge in [0, 0.05) is 18.3 Å². The summed E-state index contributed by atoms with van der Waals surface area (Å²) >= 11 is 1.81. The highest BCUT2D eigenvalue weighted by Gasteiger charge is 2.16. The maximum absolute atomic E-state index is 11.7. The third-order valence-electron chi connectivity index (χ3n) is 2.42. The highest BCUT2D eigenvalue weighted by molar-refractivity contribution is 7.98. The first-order valence-electron chi connectivity index (χ1n) is 6.03. The minimum Gasteiger partial charge on any atom is -0.354 e. The Bertz CT molecular complexity index is 197. The molecule has 0 spiro atoms. The summed E-state index contributed by atoms with van der Waals surface area (Å²) in [4.78, 5) is 11.7. The van der Waals surface area contributed by atoms with Crippen molar-refractivity contribution in [1.82, 2.24) is 10.6 Å². The fourth-order valence-electron chi connectivity index (χ4n) is 1.37. The van der Waals surface area contributed by atoms with E-state index in [0.717, 1.165) is 18.7 Å². The fraction of sp³-hybridized carbons (Fsp3) is 0.917. The van der Waals surface area contributed by atoms with Gasteiger partial charge in [-0.1, -0.05) is 20.8 Å². The van der Waals surface area contributed by atoms with Gasteiger partial charge in [-0.15, -0.1) is 0 Å². The molecule has 0 aromatic rings. The van der Waals surface area contributed by atoms with Crippen molar-refractivity contribution in [3.8, 4) is 0 Å². The van der Waals surface area contributed by atoms with E-state index in [2.05, 4.69) is 37.7 Å². The predicted molar refractivity (Wildman–Crippen MR) is 72.9 cm³/mol. The SMILES string of the molecule is CCC(CSC)NC(C)C(=O)NCC(C)C. The van der Waals surface area contributed by atoms with E-state index in [9.17, 15) is 4.79 Å². The number of carbonyl (C=O) groups excluding carboxylic acids is 1. The third kappa shape index (κ3) is 7.12. The minimum atomic E-state index is -0.101. The molecule has 0 saturated heterocycles. The van der Waals surface area contributed by atoms with Crippen LogP contribution in [-0.2, 0) is 4.79 Å². The molecule has 4 heteroatoms. The molecular weight excluding hydrogens is 220 g/mol. The van der Waals surface area contributed by atoms with Crippen LogP contribution in [0.25, 0.3) is 0 Å². The summed E-state index contributed by atoms with van der Waals surface area (Å²) in [5.74, 6) is 1.66. The molecule has 0 aliphatic carbocycles. The van der Waals surface area contributed by atoms with Gasteiger partial charge in [0.25, 0.3) is 0 Å². The Labute approximate surface area is 104 Å². The maximum atomic E-state index is 11.7. The molecule has 2 atom stereocenters. The summed E-state index contributed by atoms with van der Waals surface area (Å²) < 4.78 is 0. The van der Waals surface area contributed by atoms with Gasteiger partial charge < -0.3 is 10.6 Å². The quantitative estimate of drug-likeness (QED) is 0.687. The summed E-state index contributed by atoms with van der Waals surface area (Å²) in [7, 11) is 0. The average Bonchev–Trinajstić information content (AvgIpc) is 2.24. The number of hydrogen-bond donors (Lipinski definition) is 2. The number of amides is 1. The Balaban J connectivity index is 3.92. The van der Waals surface area contributed by atoms with E-state index in [1.54, 1.807) is 0 Å². The molecule has 0 bridgehead atoms. The number of nitrogens with one attached hydrogen (secondary N) is 2. The minimum absolute atomic E-state index is 0.101. The largest absolute Gasteiger partial charge is 0.354 e. The lowest BCUT2D eigenvalue weighted by Gasteiger charge is -2.21. The Hall–Kier alpha value is -0.220. The molecule has 0 saturated carbocycles. The van der Waals surface area contributed by atoms with E-state index in [1.807, 2.05) is 18.7 Å². The standard InChI is InChI=1S/C12H26N2OS/c1-6-11(8-16-5)14-10(4)12(15)13-7-9(2)3/h9-11,14H,6-8H2,1-5H3,(H,13,15). The first kappa shape index (κ1) is 15.8. The molecule has 0 fully saturated rings. The molecule has 0 aliphatic heterocycles. The maximum Gasteiger partial charge on any atom is 0.236 e. The van der Waals surface area contributed by atoms with Crippen LogP contribution in [0.4, 0.5) is 0 Å². The van der Waals surface area contributed by atoms with Crippen molar-refractivity contribution in [2.75, 3.05) is 18.6 Å². The van der Waals surface area contributed by atoms with Crippen LogP contribution in [-0.4, -0.2) is 36.5 Å². The van der Waals surface area contributed by atoms with Crippen LogP contribution in [0.2, 0.25) is 0 Å². The van der Waals surface area contributed by atoms with E-state index in [4.69, 9.17) is 0 Å². The zero-order chi connectivity index (χ0) is 12.6. The van der Waals surface area contributed by atoms with Crippen LogP contribution in [0.15, 0.2) is 0 Å². The first-order chi connectivity index (χ1) is 7.51. The van der Waals surface area contributed by atoms with Gasteiger partial charge in [0.05, 0.1) is 6.04 Å². The van der Waals surface area contributed by atoms with Crippen molar-refractivity contribution < 1.29 is 4.79 Å². The summed E-state index contributed by atoms with van der Waals surface area (Å²) in [5.41, 5.74) is 0. The van der Waals surface area contributed by atoms with E-state index in [1.165, 1.54) is 0 Å². The summed E-state index contributed by atoms with van der Waals surface area (Å²) in [6.07, 6.45) is 3.15. The fourth-order valence-corrected chi connectivity index (χ4v) is 2.11. The van der Waals surface area contributed by atoms with Crippen LogP contribution in [0, 0.1) is 5.92 Å². The van der Waals surface area contributed by atoms with Crippen LogP contribution < -0.4 is 10.6 Å². The lowest BCUT2D eigenvalue weighted by Crippen LogP contribution is -2.47. The monoisotopic (exact) mass is 246 g/mol. The number of hydrogen-bond acceptors (Lipinski definition) is 3. The van der Waals surface area contributed by atoms with Crippen molar-refractivity contribution >= 4 is 17.7 Å². The van der Waals surface area contributed by atoms with Gasteiger partial charge in [-0.2, -0.15) is 11.8 Å². The lowest BCUT2D eigenvalue weighted by atomic mass is 10.2. The van der Waals surface area contributed by atoms with Gasteiger partial charge in [-0.3, -0.25) is 4.79 Å². The third-order valence-corrected chi connectivity index (χ3v) is 3.16. The molecular formula is C12H26N2OS. The van der Waals surface area contributed by atoms with E-state index >= 15 is 0 Å². The first-order valence-corrected chi connectivity index (χ1v) is 7.43. The molecule has 1 amide bonds. The van der Waals surface area contributed by atoms with Crippen molar-refractivity contribution in [3.63, 3.8) is 0 Å². The average molecular weight is 246 g/mol. The highest BCUT2D eigenvalue weighted by Crippen LogP contribution is 2.02. The molecule has 3 nitrogen and oxygen atoms in total. The van der Waals surface area contributed by atoms with Crippen LogP contribution >= 0.6 is 11.8 Å². The Morgan fingerprint density at radius 3 is 2.38 bits per heavy atom. The smallest absolute Gasteiger partial charge is 0.236 e. The van der Waals surface area contributed by atoms with Gasteiger partial charge in [-0.05, 0) is 25.5 Å². The molecule has 0 aromatic heterocycles. The number of rotatable bonds is 8. The lowest BCUT2D eigenvalue weighted by molar-refractivity contribution is -0.123. The molecule has 2 N–H and O–H groups in total. The van der Waals surface area contributed by atoms with Gasteiger partial charge in [0.1, 0.15) is 0 Å². The normalized spacial score (nSPS) is 14.9. The van der Waals surface area contributed by atoms with Crippen LogP contribution in [0.1, 0.15) is 34.1 Å². The zero-order valence-electron chi connectivity index (χ0n) is 11.2. The summed E-state index contributed by atoms with van der Waals surface area (Å²) in [6.45, 7) is 9.03. The van der Waals surface area contributed by atoms with Crippen molar-refractivity contribution in [3.05, 3.63) is 0 Å². The Kier molecular flexibility index (Phi) is 8.76. The zero-order valence-corrected chi connectivity index (χ0v) is 12.0. The van der Waals surface area contributed by atoms with Gasteiger partial charge in [0.15, 0.2) is 0 Å². The Morgan fingerprint density at radius 2 is 1.94 bits per heavy atom. The molecule has 16 heavy (non-hydrogen) atoms. The van der Waals surface area contributed by atoms with E-state index < -0.39 is 0 Å². The van der Waals surface area contributed by atoms with Crippen LogP contribution in [0.5, 0.6) is 0 Å². The Morgan fingerprint density at radius 1 is 1.31 bits per heavy atom. The van der Waals surface area contributed by atoms with Crippen molar-refractivity contribution in [2.24, 2.45) is 5.92 Å². The molecule has 0 radical (unpaired) electrons. The molecule has 0 heterocycles. The second kappa shape index (κ2) is 8.88. The summed E-state index contributed by atoms with van der Waals surface area (Å²) in [5, 5.41) is 6.30. The highest BCUT2D eigenvalue weighted by atomic mass is 32.2. The molecule has 0 aromatic carbocycles. The van der Waals surface area contributed by atoms with Crippen molar-refractivity contribution in [2.45, 2.75) is 46.2 Å². The molecule has 0 aliphatic rings.